The number of aryl methyl sites for hydroxylation is 1. The lowest BCUT2D eigenvalue weighted by Crippen LogP contribution is -2.18. The van der Waals surface area contributed by atoms with Gasteiger partial charge in [0.2, 0.25) is 0 Å². The second kappa shape index (κ2) is 4.03. The zero-order valence-electron chi connectivity index (χ0n) is 8.99. The molecule has 3 unspecified atom stereocenters. The molecule has 1 nitrogen and oxygen atoms in total. The number of nitrogens with two attached hydrogens (primary N) is 1. The average molecular weight is 209 g/mol. The molecule has 2 rings (SSSR count). The molecule has 0 aromatic carbocycles. The van der Waals surface area contributed by atoms with Gasteiger partial charge in [-0.05, 0) is 48.6 Å². The van der Waals surface area contributed by atoms with E-state index in [9.17, 15) is 0 Å². The van der Waals surface area contributed by atoms with Crippen molar-refractivity contribution in [2.75, 3.05) is 0 Å². The fraction of sp³-hybridized carbons (Fsp3) is 0.667. The molecule has 14 heavy (non-hydrogen) atoms. The lowest BCUT2D eigenvalue weighted by atomic mass is 9.93. The fourth-order valence-electron chi connectivity index (χ4n) is 2.49. The van der Waals surface area contributed by atoms with Crippen molar-refractivity contribution in [3.05, 3.63) is 21.9 Å². The molecule has 2 N–H and O–H groups in total. The van der Waals surface area contributed by atoms with E-state index >= 15 is 0 Å². The van der Waals surface area contributed by atoms with Crippen LogP contribution in [0, 0.1) is 18.8 Å². The molecule has 0 aliphatic heterocycles. The Labute approximate surface area is 90.3 Å². The molecule has 0 saturated heterocycles. The predicted octanol–water partition coefficient (Wildman–Crippen LogP) is 3.49. The summed E-state index contributed by atoms with van der Waals surface area (Å²) in [6.45, 7) is 4.49. The van der Waals surface area contributed by atoms with Crippen molar-refractivity contribution < 1.29 is 0 Å². The summed E-state index contributed by atoms with van der Waals surface area (Å²) in [7, 11) is 0. The smallest absolute Gasteiger partial charge is 0.0332 e. The van der Waals surface area contributed by atoms with Crippen LogP contribution in [0.3, 0.4) is 0 Å². The molecule has 1 aromatic rings. The van der Waals surface area contributed by atoms with Gasteiger partial charge in [0.15, 0.2) is 0 Å². The van der Waals surface area contributed by atoms with Crippen LogP contribution in [-0.2, 0) is 0 Å². The molecule has 1 aliphatic rings. The molecule has 1 aliphatic carbocycles. The van der Waals surface area contributed by atoms with Gasteiger partial charge in [-0.25, -0.2) is 0 Å². The zero-order chi connectivity index (χ0) is 10.1. The minimum Gasteiger partial charge on any atom is -0.324 e. The molecular weight excluding hydrogens is 190 g/mol. The lowest BCUT2D eigenvalue weighted by molar-refractivity contribution is 0.429. The summed E-state index contributed by atoms with van der Waals surface area (Å²) in [4.78, 5) is 1.38. The van der Waals surface area contributed by atoms with Crippen LogP contribution in [0.4, 0.5) is 0 Å². The molecule has 1 heterocycles. The summed E-state index contributed by atoms with van der Waals surface area (Å²) in [6.07, 6.45) is 3.99. The second-order valence-corrected chi connectivity index (χ2v) is 5.81. The van der Waals surface area contributed by atoms with Crippen molar-refractivity contribution in [3.8, 4) is 0 Å². The van der Waals surface area contributed by atoms with Crippen molar-refractivity contribution >= 4 is 11.3 Å². The summed E-state index contributed by atoms with van der Waals surface area (Å²) in [5, 5.41) is 2.23. The first-order valence-electron chi connectivity index (χ1n) is 5.47. The fourth-order valence-corrected chi connectivity index (χ4v) is 3.24. The predicted molar refractivity (Wildman–Crippen MR) is 62.5 cm³/mol. The summed E-state index contributed by atoms with van der Waals surface area (Å²) in [5.41, 5.74) is 7.64. The molecule has 2 heteroatoms. The van der Waals surface area contributed by atoms with E-state index < -0.39 is 0 Å². The maximum absolute atomic E-state index is 6.28. The monoisotopic (exact) mass is 209 g/mol. The van der Waals surface area contributed by atoms with E-state index in [0.29, 0.717) is 0 Å². The molecular formula is C12H19NS. The summed E-state index contributed by atoms with van der Waals surface area (Å²) >= 11 is 1.81. The number of thiophene rings is 1. The molecule has 0 spiro atoms. The third-order valence-corrected chi connectivity index (χ3v) is 4.26. The molecule has 1 aromatic heterocycles. The molecule has 1 fully saturated rings. The van der Waals surface area contributed by atoms with E-state index in [4.69, 9.17) is 5.73 Å². The molecule has 1 saturated carbocycles. The maximum Gasteiger partial charge on any atom is 0.0332 e. The number of rotatable bonds is 2. The molecule has 78 valence electrons. The van der Waals surface area contributed by atoms with Gasteiger partial charge < -0.3 is 5.73 Å². The van der Waals surface area contributed by atoms with Gasteiger partial charge in [0.25, 0.3) is 0 Å². The largest absolute Gasteiger partial charge is 0.324 e. The van der Waals surface area contributed by atoms with Gasteiger partial charge in [0.05, 0.1) is 0 Å². The SMILES string of the molecule is Cc1cc(C(N)C2CCC(C)C2)cs1. The Kier molecular flexibility index (Phi) is 2.93. The molecule has 0 radical (unpaired) electrons. The second-order valence-electron chi connectivity index (χ2n) is 4.69. The van der Waals surface area contributed by atoms with Gasteiger partial charge in [-0.2, -0.15) is 0 Å². The zero-order valence-corrected chi connectivity index (χ0v) is 9.81. The van der Waals surface area contributed by atoms with Crippen molar-refractivity contribution in [2.24, 2.45) is 17.6 Å². The van der Waals surface area contributed by atoms with E-state index in [1.165, 1.54) is 29.7 Å². The van der Waals surface area contributed by atoms with E-state index in [0.717, 1.165) is 11.8 Å². The van der Waals surface area contributed by atoms with Crippen LogP contribution in [0.2, 0.25) is 0 Å². The Hall–Kier alpha value is -0.340. The Balaban J connectivity index is 2.05. The third-order valence-electron chi connectivity index (χ3n) is 3.38. The van der Waals surface area contributed by atoms with E-state index in [2.05, 4.69) is 25.3 Å². The first kappa shape index (κ1) is 10.2. The van der Waals surface area contributed by atoms with E-state index in [1.54, 1.807) is 0 Å². The van der Waals surface area contributed by atoms with Crippen LogP contribution in [0.25, 0.3) is 0 Å². The van der Waals surface area contributed by atoms with Crippen LogP contribution in [0.1, 0.15) is 42.7 Å². The van der Waals surface area contributed by atoms with Crippen LogP contribution >= 0.6 is 11.3 Å². The minimum absolute atomic E-state index is 0.282. The first-order chi connectivity index (χ1) is 6.66. The molecule has 0 bridgehead atoms. The Bertz CT molecular complexity index is 305. The van der Waals surface area contributed by atoms with Crippen molar-refractivity contribution in [2.45, 2.75) is 39.2 Å². The lowest BCUT2D eigenvalue weighted by Gasteiger charge is -2.17. The summed E-state index contributed by atoms with van der Waals surface area (Å²) in [6, 6.07) is 2.53. The molecule has 0 amide bonds. The van der Waals surface area contributed by atoms with Crippen LogP contribution < -0.4 is 5.73 Å². The third kappa shape index (κ3) is 2.01. The van der Waals surface area contributed by atoms with Gasteiger partial charge in [-0.15, -0.1) is 11.3 Å². The van der Waals surface area contributed by atoms with Gasteiger partial charge in [-0.1, -0.05) is 13.3 Å². The topological polar surface area (TPSA) is 26.0 Å². The van der Waals surface area contributed by atoms with Gasteiger partial charge in [-0.3, -0.25) is 0 Å². The normalized spacial score (nSPS) is 29.4. The van der Waals surface area contributed by atoms with Crippen LogP contribution in [-0.4, -0.2) is 0 Å². The van der Waals surface area contributed by atoms with E-state index in [1.807, 2.05) is 11.3 Å². The minimum atomic E-state index is 0.282. The highest BCUT2D eigenvalue weighted by molar-refractivity contribution is 7.10. The summed E-state index contributed by atoms with van der Waals surface area (Å²) < 4.78 is 0. The first-order valence-corrected chi connectivity index (χ1v) is 6.35. The maximum atomic E-state index is 6.28. The highest BCUT2D eigenvalue weighted by Gasteiger charge is 2.27. The highest BCUT2D eigenvalue weighted by atomic mass is 32.1. The Morgan fingerprint density at radius 1 is 1.50 bits per heavy atom. The van der Waals surface area contributed by atoms with Gasteiger partial charge in [0, 0.05) is 10.9 Å². The highest BCUT2D eigenvalue weighted by Crippen LogP contribution is 2.38. The van der Waals surface area contributed by atoms with Gasteiger partial charge >= 0.3 is 0 Å². The van der Waals surface area contributed by atoms with Crippen LogP contribution in [0.15, 0.2) is 11.4 Å². The van der Waals surface area contributed by atoms with Crippen LogP contribution in [0.5, 0.6) is 0 Å². The standard InChI is InChI=1S/C12H19NS/c1-8-3-4-10(5-8)12(13)11-6-9(2)14-7-11/h6-8,10,12H,3-5,13H2,1-2H3. The number of hydrogen-bond donors (Lipinski definition) is 1. The Morgan fingerprint density at radius 3 is 2.79 bits per heavy atom. The van der Waals surface area contributed by atoms with Crippen molar-refractivity contribution in [3.63, 3.8) is 0 Å². The number of hydrogen-bond acceptors (Lipinski definition) is 2. The summed E-state index contributed by atoms with van der Waals surface area (Å²) in [5.74, 6) is 1.60. The Morgan fingerprint density at radius 2 is 2.29 bits per heavy atom. The van der Waals surface area contributed by atoms with Gasteiger partial charge in [0.1, 0.15) is 0 Å². The van der Waals surface area contributed by atoms with Crippen molar-refractivity contribution in [1.29, 1.82) is 0 Å². The van der Waals surface area contributed by atoms with Crippen molar-refractivity contribution in [1.82, 2.24) is 0 Å². The van der Waals surface area contributed by atoms with E-state index in [-0.39, 0.29) is 6.04 Å². The average Bonchev–Trinajstić information content (AvgIpc) is 2.73. The quantitative estimate of drug-likeness (QED) is 0.792. The molecule has 3 atom stereocenters.